The molecule has 1 aliphatic rings. The first-order valence-electron chi connectivity index (χ1n) is 8.97. The maximum atomic E-state index is 5.66. The van der Waals surface area contributed by atoms with Crippen LogP contribution in [0.1, 0.15) is 30.2 Å². The monoisotopic (exact) mass is 469 g/mol. The minimum Gasteiger partial charge on any atom is -0.468 e. The van der Waals surface area contributed by atoms with Crippen molar-refractivity contribution in [3.05, 3.63) is 54.2 Å². The van der Waals surface area contributed by atoms with Gasteiger partial charge in [-0.05, 0) is 56.1 Å². The second-order valence-corrected chi connectivity index (χ2v) is 6.27. The SMILES string of the molecule is CN=C(NCCc1cccnc1)NCC(c1ccco1)N1CCCC1.I. The van der Waals surface area contributed by atoms with E-state index in [0.717, 1.165) is 44.3 Å². The lowest BCUT2D eigenvalue weighted by Gasteiger charge is -2.26. The minimum absolute atomic E-state index is 0. The van der Waals surface area contributed by atoms with Crippen LogP contribution in [0.2, 0.25) is 0 Å². The molecule has 0 saturated carbocycles. The molecule has 26 heavy (non-hydrogen) atoms. The number of hydrogen-bond donors (Lipinski definition) is 2. The number of pyridine rings is 1. The molecule has 0 radical (unpaired) electrons. The topological polar surface area (TPSA) is 65.7 Å². The lowest BCUT2D eigenvalue weighted by molar-refractivity contribution is 0.215. The zero-order valence-electron chi connectivity index (χ0n) is 15.2. The van der Waals surface area contributed by atoms with Crippen molar-refractivity contribution < 1.29 is 4.42 Å². The molecule has 2 N–H and O–H groups in total. The predicted molar refractivity (Wildman–Crippen MR) is 115 cm³/mol. The van der Waals surface area contributed by atoms with Gasteiger partial charge in [0.25, 0.3) is 0 Å². The Hall–Kier alpha value is -1.61. The molecule has 1 saturated heterocycles. The van der Waals surface area contributed by atoms with Crippen molar-refractivity contribution in [2.24, 2.45) is 4.99 Å². The average molecular weight is 469 g/mol. The van der Waals surface area contributed by atoms with Crippen LogP contribution in [0.3, 0.4) is 0 Å². The molecular formula is C19H28IN5O. The zero-order chi connectivity index (χ0) is 17.3. The molecule has 1 unspecified atom stereocenters. The summed E-state index contributed by atoms with van der Waals surface area (Å²) in [6.07, 6.45) is 8.88. The van der Waals surface area contributed by atoms with E-state index < -0.39 is 0 Å². The van der Waals surface area contributed by atoms with E-state index in [4.69, 9.17) is 4.42 Å². The van der Waals surface area contributed by atoms with Gasteiger partial charge in [0.05, 0.1) is 12.3 Å². The highest BCUT2D eigenvalue weighted by Gasteiger charge is 2.25. The number of nitrogens with zero attached hydrogens (tertiary/aromatic N) is 3. The first kappa shape index (κ1) is 20.7. The van der Waals surface area contributed by atoms with Gasteiger partial charge in [-0.2, -0.15) is 0 Å². The van der Waals surface area contributed by atoms with Gasteiger partial charge in [-0.3, -0.25) is 14.9 Å². The molecule has 0 aliphatic carbocycles. The summed E-state index contributed by atoms with van der Waals surface area (Å²) >= 11 is 0. The molecule has 2 aromatic heterocycles. The first-order chi connectivity index (χ1) is 12.4. The number of likely N-dealkylation sites (tertiary alicyclic amines) is 1. The van der Waals surface area contributed by atoms with Crippen LogP contribution < -0.4 is 10.6 Å². The van der Waals surface area contributed by atoms with Crippen LogP contribution in [0, 0.1) is 0 Å². The summed E-state index contributed by atoms with van der Waals surface area (Å²) in [5.41, 5.74) is 1.22. The van der Waals surface area contributed by atoms with E-state index in [1.165, 1.54) is 18.4 Å². The third kappa shape index (κ3) is 5.98. The molecule has 0 spiro atoms. The number of nitrogens with one attached hydrogen (secondary N) is 2. The molecule has 2 aromatic rings. The highest BCUT2D eigenvalue weighted by Crippen LogP contribution is 2.24. The number of furan rings is 1. The van der Waals surface area contributed by atoms with Crippen LogP contribution in [0.15, 0.2) is 52.3 Å². The van der Waals surface area contributed by atoms with Gasteiger partial charge in [-0.15, -0.1) is 24.0 Å². The molecule has 1 fully saturated rings. The van der Waals surface area contributed by atoms with E-state index in [1.54, 1.807) is 19.5 Å². The largest absolute Gasteiger partial charge is 0.468 e. The van der Waals surface area contributed by atoms with E-state index in [0.29, 0.717) is 0 Å². The Kier molecular flexibility index (Phi) is 8.90. The predicted octanol–water partition coefficient (Wildman–Crippen LogP) is 2.84. The van der Waals surface area contributed by atoms with Crippen molar-refractivity contribution in [3.63, 3.8) is 0 Å². The van der Waals surface area contributed by atoms with E-state index >= 15 is 0 Å². The van der Waals surface area contributed by atoms with Gasteiger partial charge in [0.15, 0.2) is 5.96 Å². The molecule has 142 valence electrons. The summed E-state index contributed by atoms with van der Waals surface area (Å²) in [5.74, 6) is 1.83. The number of hydrogen-bond acceptors (Lipinski definition) is 4. The van der Waals surface area contributed by atoms with E-state index in [1.807, 2.05) is 18.3 Å². The van der Waals surface area contributed by atoms with Crippen molar-refractivity contribution in [3.8, 4) is 0 Å². The quantitative estimate of drug-likeness (QED) is 0.371. The fourth-order valence-electron chi connectivity index (χ4n) is 3.23. The Morgan fingerprint density at radius 2 is 2.12 bits per heavy atom. The zero-order valence-corrected chi connectivity index (χ0v) is 17.6. The molecule has 6 nitrogen and oxygen atoms in total. The fraction of sp³-hybridized carbons (Fsp3) is 0.474. The molecular weight excluding hydrogens is 441 g/mol. The van der Waals surface area contributed by atoms with Crippen LogP contribution in [-0.4, -0.2) is 49.1 Å². The molecule has 1 atom stereocenters. The van der Waals surface area contributed by atoms with Crippen LogP contribution in [0.4, 0.5) is 0 Å². The van der Waals surface area contributed by atoms with Crippen molar-refractivity contribution in [2.45, 2.75) is 25.3 Å². The van der Waals surface area contributed by atoms with Crippen molar-refractivity contribution in [1.82, 2.24) is 20.5 Å². The summed E-state index contributed by atoms with van der Waals surface area (Å²) in [6, 6.07) is 8.31. The maximum absolute atomic E-state index is 5.66. The van der Waals surface area contributed by atoms with E-state index in [-0.39, 0.29) is 30.0 Å². The van der Waals surface area contributed by atoms with Crippen LogP contribution in [-0.2, 0) is 6.42 Å². The Labute approximate surface area is 172 Å². The lowest BCUT2D eigenvalue weighted by Crippen LogP contribution is -2.43. The smallest absolute Gasteiger partial charge is 0.191 e. The highest BCUT2D eigenvalue weighted by atomic mass is 127. The number of rotatable bonds is 7. The van der Waals surface area contributed by atoms with Gasteiger partial charge in [-0.1, -0.05) is 6.07 Å². The third-order valence-electron chi connectivity index (χ3n) is 4.57. The lowest BCUT2D eigenvalue weighted by atomic mass is 10.2. The van der Waals surface area contributed by atoms with Gasteiger partial charge >= 0.3 is 0 Å². The normalized spacial score (nSPS) is 16.1. The fourth-order valence-corrected chi connectivity index (χ4v) is 3.23. The highest BCUT2D eigenvalue weighted by molar-refractivity contribution is 14.0. The Bertz CT molecular complexity index is 641. The molecule has 0 amide bonds. The molecule has 3 rings (SSSR count). The minimum atomic E-state index is 0. The second kappa shape index (κ2) is 11.2. The van der Waals surface area contributed by atoms with Crippen molar-refractivity contribution in [1.29, 1.82) is 0 Å². The Morgan fingerprint density at radius 1 is 1.27 bits per heavy atom. The standard InChI is InChI=1S/C19H27N5O.HI/c1-20-19(22-10-8-16-6-4-9-21-14-16)23-15-17(18-7-5-13-25-18)24-11-2-3-12-24;/h4-7,9,13-14,17H,2-3,8,10-12,15H2,1H3,(H2,20,22,23);1H. The Morgan fingerprint density at radius 3 is 2.77 bits per heavy atom. The molecule has 7 heteroatoms. The average Bonchev–Trinajstić information content (AvgIpc) is 3.36. The van der Waals surface area contributed by atoms with Crippen molar-refractivity contribution in [2.75, 3.05) is 33.2 Å². The van der Waals surface area contributed by atoms with E-state index in [9.17, 15) is 0 Å². The van der Waals surface area contributed by atoms with Crippen molar-refractivity contribution >= 4 is 29.9 Å². The number of aliphatic imine (C=N–C) groups is 1. The van der Waals surface area contributed by atoms with Crippen LogP contribution in [0.25, 0.3) is 0 Å². The van der Waals surface area contributed by atoms with Crippen LogP contribution >= 0.6 is 24.0 Å². The number of aromatic nitrogens is 1. The molecule has 1 aliphatic heterocycles. The first-order valence-corrected chi connectivity index (χ1v) is 8.97. The van der Waals surface area contributed by atoms with Gasteiger partial charge in [0.2, 0.25) is 0 Å². The molecule has 0 aromatic carbocycles. The summed E-state index contributed by atoms with van der Waals surface area (Å²) < 4.78 is 5.66. The second-order valence-electron chi connectivity index (χ2n) is 6.27. The number of guanidine groups is 1. The Balaban J connectivity index is 0.00000243. The number of halogens is 1. The molecule has 3 heterocycles. The summed E-state index contributed by atoms with van der Waals surface area (Å²) in [5, 5.41) is 6.81. The summed E-state index contributed by atoms with van der Waals surface area (Å²) in [4.78, 5) is 11.0. The van der Waals surface area contributed by atoms with Crippen LogP contribution in [0.5, 0.6) is 0 Å². The summed E-state index contributed by atoms with van der Waals surface area (Å²) in [7, 11) is 1.80. The van der Waals surface area contributed by atoms with E-state index in [2.05, 4.69) is 37.6 Å². The van der Waals surface area contributed by atoms with Gasteiger partial charge in [-0.25, -0.2) is 0 Å². The van der Waals surface area contributed by atoms with Gasteiger partial charge in [0.1, 0.15) is 5.76 Å². The summed E-state index contributed by atoms with van der Waals surface area (Å²) in [6.45, 7) is 3.85. The van der Waals surface area contributed by atoms with Gasteiger partial charge < -0.3 is 15.1 Å². The maximum Gasteiger partial charge on any atom is 0.191 e. The third-order valence-corrected chi connectivity index (χ3v) is 4.57. The molecule has 0 bridgehead atoms. The van der Waals surface area contributed by atoms with Gasteiger partial charge in [0, 0.05) is 32.5 Å².